The first-order valence-electron chi connectivity index (χ1n) is 4.69. The van der Waals surface area contributed by atoms with Crippen LogP contribution in [0.2, 0.25) is 0 Å². The molecule has 0 N–H and O–H groups in total. The van der Waals surface area contributed by atoms with Gasteiger partial charge in [-0.2, -0.15) is 0 Å². The van der Waals surface area contributed by atoms with Crippen molar-refractivity contribution in [3.05, 3.63) is 0 Å². The van der Waals surface area contributed by atoms with Crippen LogP contribution in [-0.2, 0) is 19.1 Å². The molecule has 0 spiro atoms. The van der Waals surface area contributed by atoms with Crippen molar-refractivity contribution in [1.29, 1.82) is 0 Å². The third kappa shape index (κ3) is 3.77. The van der Waals surface area contributed by atoms with Gasteiger partial charge in [-0.25, -0.2) is 9.59 Å². The van der Waals surface area contributed by atoms with E-state index in [1.807, 2.05) is 27.7 Å². The van der Waals surface area contributed by atoms with Crippen molar-refractivity contribution in [3.8, 4) is 0 Å². The summed E-state index contributed by atoms with van der Waals surface area (Å²) in [5.74, 6) is -1.50. The van der Waals surface area contributed by atoms with Gasteiger partial charge in [0.2, 0.25) is 0 Å². The van der Waals surface area contributed by atoms with Crippen LogP contribution in [-0.4, -0.2) is 25.2 Å². The van der Waals surface area contributed by atoms with Gasteiger partial charge in [0.1, 0.15) is 6.10 Å². The zero-order valence-corrected chi connectivity index (χ0v) is 9.37. The summed E-state index contributed by atoms with van der Waals surface area (Å²) in [7, 11) is 1.16. The highest BCUT2D eigenvalue weighted by atomic mass is 16.6. The summed E-state index contributed by atoms with van der Waals surface area (Å²) < 4.78 is 9.27. The van der Waals surface area contributed by atoms with Crippen LogP contribution in [0.3, 0.4) is 0 Å². The van der Waals surface area contributed by atoms with Crippen LogP contribution in [0.1, 0.15) is 27.7 Å². The van der Waals surface area contributed by atoms with Crippen LogP contribution in [0.4, 0.5) is 0 Å². The summed E-state index contributed by atoms with van der Waals surface area (Å²) >= 11 is 0. The van der Waals surface area contributed by atoms with Crippen molar-refractivity contribution in [1.82, 2.24) is 0 Å². The number of hydrogen-bond donors (Lipinski definition) is 0. The Hall–Kier alpha value is -1.06. The molecule has 0 unspecified atom stereocenters. The maximum Gasteiger partial charge on any atom is 0.417 e. The van der Waals surface area contributed by atoms with E-state index in [0.29, 0.717) is 0 Å². The lowest BCUT2D eigenvalue weighted by Crippen LogP contribution is -2.32. The molecule has 0 fully saturated rings. The standard InChI is InChI=1S/C10H18O4/c1-6(2)8(7(3)4)14-10(12)9(11)13-5/h6-8H,1-5H3. The summed E-state index contributed by atoms with van der Waals surface area (Å²) in [5.41, 5.74) is 0. The summed E-state index contributed by atoms with van der Waals surface area (Å²) in [5, 5.41) is 0. The van der Waals surface area contributed by atoms with Crippen LogP contribution < -0.4 is 0 Å². The lowest BCUT2D eigenvalue weighted by Gasteiger charge is -2.24. The smallest absolute Gasteiger partial charge is 0.417 e. The van der Waals surface area contributed by atoms with E-state index in [0.717, 1.165) is 7.11 Å². The maximum atomic E-state index is 11.1. The van der Waals surface area contributed by atoms with Crippen LogP contribution in [0, 0.1) is 11.8 Å². The topological polar surface area (TPSA) is 52.6 Å². The van der Waals surface area contributed by atoms with E-state index >= 15 is 0 Å². The Balaban J connectivity index is 4.31. The molecule has 0 aliphatic carbocycles. The molecule has 0 aromatic rings. The average Bonchev–Trinajstić information content (AvgIpc) is 2.11. The van der Waals surface area contributed by atoms with Crippen molar-refractivity contribution in [3.63, 3.8) is 0 Å². The molecule has 0 amide bonds. The van der Waals surface area contributed by atoms with Crippen LogP contribution >= 0.6 is 0 Å². The average molecular weight is 202 g/mol. The van der Waals surface area contributed by atoms with Crippen molar-refractivity contribution in [2.75, 3.05) is 7.11 Å². The molecule has 0 atom stereocenters. The number of hydrogen-bond acceptors (Lipinski definition) is 4. The Kier molecular flexibility index (Phi) is 5.20. The van der Waals surface area contributed by atoms with Gasteiger partial charge in [-0.1, -0.05) is 27.7 Å². The van der Waals surface area contributed by atoms with Gasteiger partial charge in [0.05, 0.1) is 7.11 Å². The first-order valence-corrected chi connectivity index (χ1v) is 4.69. The Morgan fingerprint density at radius 2 is 1.36 bits per heavy atom. The van der Waals surface area contributed by atoms with Crippen LogP contribution in [0.5, 0.6) is 0 Å². The number of carbonyl (C=O) groups is 2. The predicted molar refractivity (Wildman–Crippen MR) is 51.6 cm³/mol. The van der Waals surface area contributed by atoms with Crippen LogP contribution in [0.25, 0.3) is 0 Å². The quantitative estimate of drug-likeness (QED) is 0.512. The molecule has 0 saturated carbocycles. The van der Waals surface area contributed by atoms with Crippen molar-refractivity contribution < 1.29 is 19.1 Å². The molecule has 0 rings (SSSR count). The fraction of sp³-hybridized carbons (Fsp3) is 0.800. The van der Waals surface area contributed by atoms with Gasteiger partial charge in [0.25, 0.3) is 0 Å². The second-order valence-electron chi connectivity index (χ2n) is 3.85. The van der Waals surface area contributed by atoms with Gasteiger partial charge < -0.3 is 9.47 Å². The lowest BCUT2D eigenvalue weighted by molar-refractivity contribution is -0.172. The molecular formula is C10H18O4. The molecular weight excluding hydrogens is 184 g/mol. The minimum absolute atomic E-state index is 0.184. The van der Waals surface area contributed by atoms with E-state index in [2.05, 4.69) is 4.74 Å². The van der Waals surface area contributed by atoms with E-state index in [9.17, 15) is 9.59 Å². The molecule has 0 aromatic heterocycles. The van der Waals surface area contributed by atoms with Gasteiger partial charge in [0.15, 0.2) is 0 Å². The molecule has 0 bridgehead atoms. The molecule has 0 heterocycles. The molecule has 4 heteroatoms. The first-order chi connectivity index (χ1) is 6.40. The van der Waals surface area contributed by atoms with E-state index in [1.54, 1.807) is 0 Å². The Morgan fingerprint density at radius 1 is 0.929 bits per heavy atom. The highest BCUT2D eigenvalue weighted by Gasteiger charge is 2.25. The Morgan fingerprint density at radius 3 is 1.64 bits per heavy atom. The third-order valence-electron chi connectivity index (χ3n) is 1.91. The molecule has 4 nitrogen and oxygen atoms in total. The summed E-state index contributed by atoms with van der Waals surface area (Å²) in [6.45, 7) is 7.76. The second-order valence-corrected chi connectivity index (χ2v) is 3.85. The van der Waals surface area contributed by atoms with E-state index in [4.69, 9.17) is 4.74 Å². The van der Waals surface area contributed by atoms with E-state index in [1.165, 1.54) is 0 Å². The highest BCUT2D eigenvalue weighted by Crippen LogP contribution is 2.16. The van der Waals surface area contributed by atoms with Crippen molar-refractivity contribution in [2.24, 2.45) is 11.8 Å². The number of ether oxygens (including phenoxy) is 2. The van der Waals surface area contributed by atoms with Gasteiger partial charge in [-0.3, -0.25) is 0 Å². The van der Waals surface area contributed by atoms with Crippen LogP contribution in [0.15, 0.2) is 0 Å². The summed E-state index contributed by atoms with van der Waals surface area (Å²) in [6.07, 6.45) is -0.249. The monoisotopic (exact) mass is 202 g/mol. The lowest BCUT2D eigenvalue weighted by atomic mass is 9.96. The van der Waals surface area contributed by atoms with Crippen molar-refractivity contribution >= 4 is 11.9 Å². The van der Waals surface area contributed by atoms with Crippen molar-refractivity contribution in [2.45, 2.75) is 33.8 Å². The normalized spacial score (nSPS) is 10.9. The zero-order chi connectivity index (χ0) is 11.3. The van der Waals surface area contributed by atoms with Gasteiger partial charge in [-0.15, -0.1) is 0 Å². The van der Waals surface area contributed by atoms with E-state index < -0.39 is 11.9 Å². The third-order valence-corrected chi connectivity index (χ3v) is 1.91. The molecule has 14 heavy (non-hydrogen) atoms. The first kappa shape index (κ1) is 12.9. The SMILES string of the molecule is COC(=O)C(=O)OC(C(C)C)C(C)C. The van der Waals surface area contributed by atoms with Gasteiger partial charge in [-0.05, 0) is 11.8 Å². The second kappa shape index (κ2) is 5.62. The fourth-order valence-electron chi connectivity index (χ4n) is 1.30. The fourth-order valence-corrected chi connectivity index (χ4v) is 1.30. The largest absolute Gasteiger partial charge is 0.461 e. The minimum Gasteiger partial charge on any atom is -0.461 e. The summed E-state index contributed by atoms with van der Waals surface area (Å²) in [4.78, 5) is 21.9. The number of rotatable bonds is 3. The number of carbonyl (C=O) groups excluding carboxylic acids is 2. The Labute approximate surface area is 84.6 Å². The highest BCUT2D eigenvalue weighted by molar-refractivity contribution is 6.29. The molecule has 0 aliphatic heterocycles. The van der Waals surface area contributed by atoms with E-state index in [-0.39, 0.29) is 17.9 Å². The molecule has 0 radical (unpaired) electrons. The Bertz CT molecular complexity index is 200. The zero-order valence-electron chi connectivity index (χ0n) is 9.37. The van der Waals surface area contributed by atoms with Gasteiger partial charge in [0, 0.05) is 0 Å². The van der Waals surface area contributed by atoms with Gasteiger partial charge >= 0.3 is 11.9 Å². The molecule has 0 saturated heterocycles. The maximum absolute atomic E-state index is 11.1. The molecule has 0 aromatic carbocycles. The number of methoxy groups -OCH3 is 1. The molecule has 82 valence electrons. The summed E-state index contributed by atoms with van der Waals surface area (Å²) in [6, 6.07) is 0. The predicted octanol–water partition coefficient (Wildman–Crippen LogP) is 1.38. The minimum atomic E-state index is -0.948. The number of esters is 2. The molecule has 0 aliphatic rings.